The molecule has 5 nitrogen and oxygen atoms in total. The molecule has 0 aromatic carbocycles. The average molecular weight is 316 g/mol. The average Bonchev–Trinajstić information content (AvgIpc) is 2.43. The summed E-state index contributed by atoms with van der Waals surface area (Å²) >= 11 is 0. The minimum absolute atomic E-state index is 0.145. The number of unbranched alkanes of at least 4 members (excludes halogenated alkanes) is 9. The van der Waals surface area contributed by atoms with Crippen LogP contribution in [0.25, 0.3) is 0 Å². The molecule has 0 saturated heterocycles. The van der Waals surface area contributed by atoms with E-state index in [9.17, 15) is 4.79 Å². The Balaban J connectivity index is 3.26. The van der Waals surface area contributed by atoms with Gasteiger partial charge in [-0.25, -0.2) is 4.79 Å². The van der Waals surface area contributed by atoms with Crippen molar-refractivity contribution in [2.75, 3.05) is 6.54 Å². The number of urea groups is 1. The van der Waals surface area contributed by atoms with Crippen molar-refractivity contribution in [3.8, 4) is 0 Å². The molecule has 5 heteroatoms. The fourth-order valence-corrected chi connectivity index (χ4v) is 2.46. The number of aliphatic hydroxyl groups excluding tert-OH is 1. The summed E-state index contributed by atoms with van der Waals surface area (Å²) in [4.78, 5) is 11.5. The largest absolute Gasteiger partial charge is 0.368 e. The van der Waals surface area contributed by atoms with Gasteiger partial charge in [-0.1, -0.05) is 64.7 Å². The molecule has 0 aliphatic rings. The molecule has 132 valence electrons. The molecule has 0 fully saturated rings. The van der Waals surface area contributed by atoms with Crippen molar-refractivity contribution < 1.29 is 15.0 Å². The Bertz CT molecular complexity index is 260. The van der Waals surface area contributed by atoms with Crippen molar-refractivity contribution in [3.05, 3.63) is 0 Å². The van der Waals surface area contributed by atoms with Gasteiger partial charge in [-0.2, -0.15) is 0 Å². The van der Waals surface area contributed by atoms with Crippen LogP contribution in [0.3, 0.4) is 0 Å². The van der Waals surface area contributed by atoms with Crippen molar-refractivity contribution in [1.82, 2.24) is 10.6 Å². The van der Waals surface area contributed by atoms with Crippen LogP contribution in [0.1, 0.15) is 84.5 Å². The SMILES string of the molecule is CCCCCCCCCCCCNC(=O)NC(C)CC(O)O. The highest BCUT2D eigenvalue weighted by Gasteiger charge is 2.09. The van der Waals surface area contributed by atoms with Crippen LogP contribution >= 0.6 is 0 Å². The lowest BCUT2D eigenvalue weighted by molar-refractivity contribution is -0.0495. The van der Waals surface area contributed by atoms with E-state index in [4.69, 9.17) is 10.2 Å². The number of carbonyl (C=O) groups excluding carboxylic acids is 1. The number of nitrogens with one attached hydrogen (secondary N) is 2. The lowest BCUT2D eigenvalue weighted by Crippen LogP contribution is -2.42. The van der Waals surface area contributed by atoms with Crippen LogP contribution in [0, 0.1) is 0 Å². The van der Waals surface area contributed by atoms with Crippen molar-refractivity contribution in [2.24, 2.45) is 0 Å². The quantitative estimate of drug-likeness (QED) is 0.293. The summed E-state index contributed by atoms with van der Waals surface area (Å²) in [6, 6.07) is -0.475. The first-order valence-corrected chi connectivity index (χ1v) is 8.96. The van der Waals surface area contributed by atoms with Gasteiger partial charge in [0.15, 0.2) is 6.29 Å². The predicted octanol–water partition coefficient (Wildman–Crippen LogP) is 3.30. The summed E-state index contributed by atoms with van der Waals surface area (Å²) in [5, 5.41) is 23.1. The van der Waals surface area contributed by atoms with Crippen LogP contribution in [0.5, 0.6) is 0 Å². The van der Waals surface area contributed by atoms with Crippen molar-refractivity contribution in [3.63, 3.8) is 0 Å². The van der Waals surface area contributed by atoms with Crippen LogP contribution in [0.15, 0.2) is 0 Å². The summed E-state index contributed by atoms with van der Waals surface area (Å²) in [5.41, 5.74) is 0. The van der Waals surface area contributed by atoms with Crippen LogP contribution in [0.4, 0.5) is 4.79 Å². The topological polar surface area (TPSA) is 81.6 Å². The second-order valence-corrected chi connectivity index (χ2v) is 6.20. The molecule has 0 saturated carbocycles. The number of rotatable bonds is 14. The van der Waals surface area contributed by atoms with E-state index in [2.05, 4.69) is 17.6 Å². The van der Waals surface area contributed by atoms with Gasteiger partial charge in [0.1, 0.15) is 0 Å². The monoisotopic (exact) mass is 316 g/mol. The lowest BCUT2D eigenvalue weighted by atomic mass is 10.1. The molecule has 0 rings (SSSR count). The minimum Gasteiger partial charge on any atom is -0.368 e. The molecule has 0 spiro atoms. The molecule has 0 aromatic rings. The molecule has 0 aliphatic carbocycles. The molecule has 0 aromatic heterocycles. The maximum Gasteiger partial charge on any atom is 0.314 e. The number of hydrogen-bond acceptors (Lipinski definition) is 3. The Morgan fingerprint density at radius 3 is 1.91 bits per heavy atom. The molecular formula is C17H36N2O3. The van der Waals surface area contributed by atoms with E-state index in [1.165, 1.54) is 51.4 Å². The van der Waals surface area contributed by atoms with E-state index < -0.39 is 6.29 Å². The molecule has 1 atom stereocenters. The van der Waals surface area contributed by atoms with Gasteiger partial charge in [-0.15, -0.1) is 0 Å². The summed E-state index contributed by atoms with van der Waals surface area (Å²) in [7, 11) is 0. The van der Waals surface area contributed by atoms with Gasteiger partial charge in [0.2, 0.25) is 0 Å². The smallest absolute Gasteiger partial charge is 0.314 e. The fraction of sp³-hybridized carbons (Fsp3) is 0.941. The van der Waals surface area contributed by atoms with Crippen molar-refractivity contribution in [2.45, 2.75) is 96.8 Å². The molecule has 0 aliphatic heterocycles. The van der Waals surface area contributed by atoms with Gasteiger partial charge < -0.3 is 20.8 Å². The third-order valence-electron chi connectivity index (χ3n) is 3.76. The standard InChI is InChI=1S/C17H36N2O3/c1-3-4-5-6-7-8-9-10-11-12-13-18-17(22)19-15(2)14-16(20)21/h15-16,20-21H,3-14H2,1-2H3,(H2,18,19,22). The fourth-order valence-electron chi connectivity index (χ4n) is 2.46. The molecule has 0 radical (unpaired) electrons. The van der Waals surface area contributed by atoms with E-state index in [0.717, 1.165) is 12.8 Å². The summed E-state index contributed by atoms with van der Waals surface area (Å²) in [5.74, 6) is 0. The highest BCUT2D eigenvalue weighted by atomic mass is 16.5. The van der Waals surface area contributed by atoms with Crippen molar-refractivity contribution >= 4 is 6.03 Å². The first kappa shape index (κ1) is 21.2. The van der Waals surface area contributed by atoms with Crippen molar-refractivity contribution in [1.29, 1.82) is 0 Å². The zero-order chi connectivity index (χ0) is 16.6. The molecule has 0 bridgehead atoms. The zero-order valence-electron chi connectivity index (χ0n) is 14.4. The van der Waals surface area contributed by atoms with Crippen LogP contribution in [-0.4, -0.2) is 35.1 Å². The maximum atomic E-state index is 11.5. The van der Waals surface area contributed by atoms with Gasteiger partial charge in [0, 0.05) is 19.0 Å². The Morgan fingerprint density at radius 2 is 1.41 bits per heavy atom. The van der Waals surface area contributed by atoms with E-state index >= 15 is 0 Å². The van der Waals surface area contributed by atoms with Gasteiger partial charge in [-0.3, -0.25) is 0 Å². The van der Waals surface area contributed by atoms with Crippen LogP contribution in [-0.2, 0) is 0 Å². The van der Waals surface area contributed by atoms with Crippen LogP contribution < -0.4 is 10.6 Å². The molecular weight excluding hydrogens is 280 g/mol. The second kappa shape index (κ2) is 15.1. The summed E-state index contributed by atoms with van der Waals surface area (Å²) in [6.07, 6.45) is 11.6. The molecule has 22 heavy (non-hydrogen) atoms. The first-order valence-electron chi connectivity index (χ1n) is 8.96. The van der Waals surface area contributed by atoms with Gasteiger partial charge in [0.25, 0.3) is 0 Å². The van der Waals surface area contributed by atoms with Gasteiger partial charge in [-0.05, 0) is 13.3 Å². The second-order valence-electron chi connectivity index (χ2n) is 6.20. The first-order chi connectivity index (χ1) is 10.6. The Hall–Kier alpha value is -0.810. The minimum atomic E-state index is -1.38. The number of aliphatic hydroxyl groups is 2. The van der Waals surface area contributed by atoms with Gasteiger partial charge in [0.05, 0.1) is 0 Å². The normalized spacial score (nSPS) is 12.4. The molecule has 2 amide bonds. The highest BCUT2D eigenvalue weighted by Crippen LogP contribution is 2.10. The third-order valence-corrected chi connectivity index (χ3v) is 3.76. The highest BCUT2D eigenvalue weighted by molar-refractivity contribution is 5.74. The lowest BCUT2D eigenvalue weighted by Gasteiger charge is -2.15. The number of hydrogen-bond donors (Lipinski definition) is 4. The Kier molecular flexibility index (Phi) is 14.5. The zero-order valence-corrected chi connectivity index (χ0v) is 14.4. The van der Waals surface area contributed by atoms with E-state index in [1.807, 2.05) is 0 Å². The predicted molar refractivity (Wildman–Crippen MR) is 90.7 cm³/mol. The molecule has 4 N–H and O–H groups in total. The summed E-state index contributed by atoms with van der Waals surface area (Å²) < 4.78 is 0. The number of amides is 2. The maximum absolute atomic E-state index is 11.5. The number of carbonyl (C=O) groups is 1. The summed E-state index contributed by atoms with van der Waals surface area (Å²) in [6.45, 7) is 4.67. The van der Waals surface area contributed by atoms with E-state index in [-0.39, 0.29) is 18.5 Å². The molecule has 1 unspecified atom stereocenters. The molecule has 0 heterocycles. The Morgan fingerprint density at radius 1 is 0.909 bits per heavy atom. The van der Waals surface area contributed by atoms with Gasteiger partial charge >= 0.3 is 6.03 Å². The van der Waals surface area contributed by atoms with Crippen LogP contribution in [0.2, 0.25) is 0 Å². The Labute approximate surface area is 135 Å². The van der Waals surface area contributed by atoms with E-state index in [0.29, 0.717) is 6.54 Å². The third kappa shape index (κ3) is 15.6. The van der Waals surface area contributed by atoms with E-state index in [1.54, 1.807) is 6.92 Å².